The molecular formula is C23H24N4O5S. The predicted molar refractivity (Wildman–Crippen MR) is 127 cm³/mol. The van der Waals surface area contributed by atoms with Crippen molar-refractivity contribution in [2.75, 3.05) is 13.2 Å². The van der Waals surface area contributed by atoms with Crippen LogP contribution < -0.4 is 20.8 Å². The number of amides is 1. The van der Waals surface area contributed by atoms with Crippen molar-refractivity contribution < 1.29 is 24.2 Å². The third-order valence-electron chi connectivity index (χ3n) is 4.63. The maximum absolute atomic E-state index is 12.6. The van der Waals surface area contributed by atoms with Gasteiger partial charge in [-0.2, -0.15) is 5.10 Å². The zero-order valence-electron chi connectivity index (χ0n) is 18.1. The largest absolute Gasteiger partial charge is 0.508 e. The van der Waals surface area contributed by atoms with Crippen LogP contribution in [-0.4, -0.2) is 41.5 Å². The molecule has 0 saturated heterocycles. The van der Waals surface area contributed by atoms with E-state index in [1.165, 1.54) is 18.3 Å². The number of hydrogen-bond donors (Lipinski definition) is 4. The van der Waals surface area contributed by atoms with Gasteiger partial charge in [-0.25, -0.2) is 10.2 Å². The van der Waals surface area contributed by atoms with E-state index in [2.05, 4.69) is 21.2 Å². The monoisotopic (exact) mass is 468 g/mol. The third kappa shape index (κ3) is 6.30. The number of nitrogens with one attached hydrogen (secondary N) is 3. The van der Waals surface area contributed by atoms with Gasteiger partial charge in [0, 0.05) is 11.3 Å². The molecule has 2 aromatic carbocycles. The first kappa shape index (κ1) is 23.7. The van der Waals surface area contributed by atoms with Crippen molar-refractivity contribution in [1.29, 1.82) is 0 Å². The Morgan fingerprint density at radius 3 is 2.79 bits per heavy atom. The summed E-state index contributed by atoms with van der Waals surface area (Å²) < 4.78 is 10.9. The fourth-order valence-electron chi connectivity index (χ4n) is 3.22. The molecule has 2 aromatic rings. The smallest absolute Gasteiger partial charge is 0.338 e. The summed E-state index contributed by atoms with van der Waals surface area (Å²) in [6.45, 7) is 3.40. The lowest BCUT2D eigenvalue weighted by Crippen LogP contribution is -2.45. The van der Waals surface area contributed by atoms with Crippen molar-refractivity contribution in [2.45, 2.75) is 19.9 Å². The van der Waals surface area contributed by atoms with Crippen molar-refractivity contribution in [3.63, 3.8) is 0 Å². The van der Waals surface area contributed by atoms with Gasteiger partial charge in [0.2, 0.25) is 0 Å². The van der Waals surface area contributed by atoms with Crippen molar-refractivity contribution in [3.8, 4) is 11.5 Å². The van der Waals surface area contributed by atoms with Crippen LogP contribution in [0, 0.1) is 0 Å². The molecule has 1 aliphatic heterocycles. The first-order chi connectivity index (χ1) is 15.9. The SMILES string of the molecule is CCOC(=O)C1=C(C)NC(=S)N[C@@H]1c1ccccc1OCC(=O)NN=Cc1cccc(O)c1. The first-order valence-corrected chi connectivity index (χ1v) is 10.6. The highest BCUT2D eigenvalue weighted by Gasteiger charge is 2.32. The number of hydrazone groups is 1. The number of para-hydroxylation sites is 1. The molecule has 3 rings (SSSR count). The van der Waals surface area contributed by atoms with Crippen molar-refractivity contribution in [1.82, 2.24) is 16.1 Å². The number of esters is 1. The van der Waals surface area contributed by atoms with Crippen LogP contribution in [0.15, 0.2) is 64.9 Å². The number of aromatic hydroxyl groups is 1. The molecule has 1 amide bonds. The van der Waals surface area contributed by atoms with E-state index in [1.807, 2.05) is 0 Å². The summed E-state index contributed by atoms with van der Waals surface area (Å²) in [4.78, 5) is 24.8. The summed E-state index contributed by atoms with van der Waals surface area (Å²) in [6.07, 6.45) is 1.41. The van der Waals surface area contributed by atoms with Gasteiger partial charge in [-0.05, 0) is 49.8 Å². The highest BCUT2D eigenvalue weighted by Crippen LogP contribution is 2.33. The summed E-state index contributed by atoms with van der Waals surface area (Å²) >= 11 is 5.26. The molecule has 0 fully saturated rings. The second kappa shape index (κ2) is 11.1. The van der Waals surface area contributed by atoms with Crippen molar-refractivity contribution >= 4 is 35.4 Å². The van der Waals surface area contributed by atoms with E-state index in [4.69, 9.17) is 21.7 Å². The number of allylic oxidation sites excluding steroid dienone is 1. The summed E-state index contributed by atoms with van der Waals surface area (Å²) in [5, 5.41) is 19.7. The van der Waals surface area contributed by atoms with Gasteiger partial charge in [-0.1, -0.05) is 30.3 Å². The molecule has 33 heavy (non-hydrogen) atoms. The lowest BCUT2D eigenvalue weighted by atomic mass is 9.95. The molecule has 172 valence electrons. The number of phenols is 1. The Hall–Kier alpha value is -3.92. The second-order valence-corrected chi connectivity index (χ2v) is 7.41. The third-order valence-corrected chi connectivity index (χ3v) is 4.85. The predicted octanol–water partition coefficient (Wildman–Crippen LogP) is 2.28. The van der Waals surface area contributed by atoms with Crippen molar-refractivity contribution in [3.05, 3.63) is 70.9 Å². The van der Waals surface area contributed by atoms with Gasteiger partial charge < -0.3 is 25.2 Å². The normalized spacial score (nSPS) is 15.6. The second-order valence-electron chi connectivity index (χ2n) is 7.01. The van der Waals surface area contributed by atoms with Gasteiger partial charge in [0.15, 0.2) is 11.7 Å². The summed E-state index contributed by atoms with van der Waals surface area (Å²) in [5.41, 5.74) is 4.58. The molecule has 1 atom stereocenters. The molecule has 0 bridgehead atoms. The zero-order valence-corrected chi connectivity index (χ0v) is 18.9. The van der Waals surface area contributed by atoms with E-state index in [1.54, 1.807) is 50.2 Å². The van der Waals surface area contributed by atoms with Crippen LogP contribution in [0.3, 0.4) is 0 Å². The van der Waals surface area contributed by atoms with Crippen LogP contribution in [0.5, 0.6) is 11.5 Å². The Kier molecular flexibility index (Phi) is 7.98. The average Bonchev–Trinajstić information content (AvgIpc) is 2.77. The van der Waals surface area contributed by atoms with Gasteiger partial charge in [-0.15, -0.1) is 0 Å². The average molecular weight is 469 g/mol. The van der Waals surface area contributed by atoms with E-state index in [0.717, 1.165) is 0 Å². The van der Waals surface area contributed by atoms with Gasteiger partial charge >= 0.3 is 5.97 Å². The molecule has 0 radical (unpaired) electrons. The number of rotatable bonds is 8. The van der Waals surface area contributed by atoms with Crippen LogP contribution >= 0.6 is 12.2 Å². The van der Waals surface area contributed by atoms with Crippen LogP contribution in [0.25, 0.3) is 0 Å². The maximum atomic E-state index is 12.6. The van der Waals surface area contributed by atoms with Crippen LogP contribution in [0.2, 0.25) is 0 Å². The number of hydrogen-bond acceptors (Lipinski definition) is 7. The Bertz CT molecular complexity index is 1120. The Labute approximate surface area is 196 Å². The fraction of sp³-hybridized carbons (Fsp3) is 0.217. The standard InChI is InChI=1S/C23H24N4O5S/c1-3-31-22(30)20-14(2)25-23(33)26-21(20)17-9-4-5-10-18(17)32-13-19(29)27-24-12-15-7-6-8-16(28)11-15/h4-12,21,28H,3,13H2,1-2H3,(H,27,29)(H2,25,26,33)/t21-/m1/s1. The molecule has 0 aromatic heterocycles. The summed E-state index contributed by atoms with van der Waals surface area (Å²) in [6, 6.07) is 12.9. The molecule has 1 aliphatic rings. The Morgan fingerprint density at radius 1 is 1.24 bits per heavy atom. The molecule has 0 spiro atoms. The molecule has 10 heteroatoms. The minimum atomic E-state index is -0.610. The van der Waals surface area contributed by atoms with Crippen LogP contribution in [0.1, 0.15) is 31.0 Å². The lowest BCUT2D eigenvalue weighted by molar-refractivity contribution is -0.139. The molecule has 9 nitrogen and oxygen atoms in total. The number of thiocarbonyl (C=S) groups is 1. The molecule has 0 aliphatic carbocycles. The Balaban J connectivity index is 1.72. The number of nitrogens with zero attached hydrogens (tertiary/aromatic N) is 1. The minimum Gasteiger partial charge on any atom is -0.508 e. The molecule has 0 unspecified atom stereocenters. The maximum Gasteiger partial charge on any atom is 0.338 e. The van der Waals surface area contributed by atoms with E-state index in [9.17, 15) is 14.7 Å². The van der Waals surface area contributed by atoms with E-state index in [-0.39, 0.29) is 19.0 Å². The van der Waals surface area contributed by atoms with Gasteiger partial charge in [-0.3, -0.25) is 4.79 Å². The number of phenolic OH excluding ortho intramolecular Hbond substituents is 1. The highest BCUT2D eigenvalue weighted by atomic mass is 32.1. The van der Waals surface area contributed by atoms with Gasteiger partial charge in [0.25, 0.3) is 5.91 Å². The quantitative estimate of drug-likeness (QED) is 0.202. The Morgan fingerprint density at radius 2 is 2.03 bits per heavy atom. The van der Waals surface area contributed by atoms with Gasteiger partial charge in [0.05, 0.1) is 24.4 Å². The molecule has 0 saturated carbocycles. The highest BCUT2D eigenvalue weighted by molar-refractivity contribution is 7.80. The first-order valence-electron chi connectivity index (χ1n) is 10.2. The van der Waals surface area contributed by atoms with E-state index < -0.39 is 17.9 Å². The fourth-order valence-corrected chi connectivity index (χ4v) is 3.49. The van der Waals surface area contributed by atoms with Crippen LogP contribution in [-0.2, 0) is 14.3 Å². The number of ether oxygens (including phenoxy) is 2. The molecule has 1 heterocycles. The number of benzene rings is 2. The van der Waals surface area contributed by atoms with E-state index >= 15 is 0 Å². The van der Waals surface area contributed by atoms with Crippen LogP contribution in [0.4, 0.5) is 0 Å². The molecule has 4 N–H and O–H groups in total. The topological polar surface area (TPSA) is 121 Å². The van der Waals surface area contributed by atoms with Gasteiger partial charge in [0.1, 0.15) is 11.5 Å². The van der Waals surface area contributed by atoms with Crippen molar-refractivity contribution in [2.24, 2.45) is 5.10 Å². The summed E-state index contributed by atoms with van der Waals surface area (Å²) in [5.74, 6) is -0.451. The summed E-state index contributed by atoms with van der Waals surface area (Å²) in [7, 11) is 0. The zero-order chi connectivity index (χ0) is 23.8. The minimum absolute atomic E-state index is 0.0997. The number of carbonyl (C=O) groups excluding carboxylic acids is 2. The molecular weight excluding hydrogens is 444 g/mol. The van der Waals surface area contributed by atoms with E-state index in [0.29, 0.717) is 33.3 Å². The lowest BCUT2D eigenvalue weighted by Gasteiger charge is -2.30. The number of carbonyl (C=O) groups is 2.